The summed E-state index contributed by atoms with van der Waals surface area (Å²) in [7, 11) is 0. The lowest BCUT2D eigenvalue weighted by Crippen LogP contribution is -2.37. The Morgan fingerprint density at radius 1 is 0.923 bits per heavy atom. The summed E-state index contributed by atoms with van der Waals surface area (Å²) in [4.78, 5) is 12.3. The van der Waals surface area contributed by atoms with E-state index >= 15 is 0 Å². The number of hydrogen-bond acceptors (Lipinski definition) is 3. The molecule has 0 saturated heterocycles. The largest absolute Gasteiger partial charge is 0.467 e. The molecule has 4 heteroatoms. The van der Waals surface area contributed by atoms with Crippen LogP contribution < -0.4 is 10.6 Å². The molecular weight excluding hydrogens is 324 g/mol. The van der Waals surface area contributed by atoms with Crippen LogP contribution in [0.2, 0.25) is 0 Å². The zero-order valence-electron chi connectivity index (χ0n) is 14.9. The molecule has 0 aliphatic carbocycles. The SMILES string of the molecule is C[C@@H](CNC(=O)CN[C@H](c1ccccc1)c1ccco1)c1ccccc1. The maximum atomic E-state index is 12.3. The first-order chi connectivity index (χ1) is 12.7. The Morgan fingerprint density at radius 3 is 2.19 bits per heavy atom. The fourth-order valence-electron chi connectivity index (χ4n) is 2.91. The molecule has 134 valence electrons. The van der Waals surface area contributed by atoms with E-state index in [4.69, 9.17) is 4.42 Å². The van der Waals surface area contributed by atoms with Crippen LogP contribution >= 0.6 is 0 Å². The predicted molar refractivity (Wildman–Crippen MR) is 103 cm³/mol. The summed E-state index contributed by atoms with van der Waals surface area (Å²) in [5.41, 5.74) is 2.28. The monoisotopic (exact) mass is 348 g/mol. The highest BCUT2D eigenvalue weighted by atomic mass is 16.3. The second-order valence-corrected chi connectivity index (χ2v) is 6.36. The molecule has 0 bridgehead atoms. The second-order valence-electron chi connectivity index (χ2n) is 6.36. The van der Waals surface area contributed by atoms with Crippen LogP contribution in [-0.4, -0.2) is 19.0 Å². The number of benzene rings is 2. The van der Waals surface area contributed by atoms with Gasteiger partial charge in [-0.3, -0.25) is 10.1 Å². The molecule has 0 fully saturated rings. The van der Waals surface area contributed by atoms with Gasteiger partial charge in [0.25, 0.3) is 0 Å². The van der Waals surface area contributed by atoms with Gasteiger partial charge in [-0.1, -0.05) is 67.6 Å². The van der Waals surface area contributed by atoms with Crippen molar-refractivity contribution in [3.8, 4) is 0 Å². The average Bonchev–Trinajstić information content (AvgIpc) is 3.22. The van der Waals surface area contributed by atoms with Gasteiger partial charge in [0.1, 0.15) is 5.76 Å². The normalized spacial score (nSPS) is 13.1. The van der Waals surface area contributed by atoms with Crippen molar-refractivity contribution in [1.29, 1.82) is 0 Å². The van der Waals surface area contributed by atoms with Crippen molar-refractivity contribution in [2.24, 2.45) is 0 Å². The Hall–Kier alpha value is -2.85. The standard InChI is InChI=1S/C22H24N2O2/c1-17(18-9-4-2-5-10-18)15-23-21(25)16-24-22(20-13-8-14-26-20)19-11-6-3-7-12-19/h2-14,17,22,24H,15-16H2,1H3,(H,23,25)/t17-,22+/m0/s1. The van der Waals surface area contributed by atoms with Gasteiger partial charge in [-0.25, -0.2) is 0 Å². The fourth-order valence-corrected chi connectivity index (χ4v) is 2.91. The van der Waals surface area contributed by atoms with E-state index in [2.05, 4.69) is 29.7 Å². The molecule has 4 nitrogen and oxygen atoms in total. The Kier molecular flexibility index (Phi) is 6.23. The Labute approximate surface area is 154 Å². The zero-order valence-corrected chi connectivity index (χ0v) is 14.9. The highest BCUT2D eigenvalue weighted by Crippen LogP contribution is 2.22. The first-order valence-corrected chi connectivity index (χ1v) is 8.87. The van der Waals surface area contributed by atoms with Crippen LogP contribution in [0, 0.1) is 0 Å². The molecule has 2 N–H and O–H groups in total. The van der Waals surface area contributed by atoms with Gasteiger partial charge in [-0.2, -0.15) is 0 Å². The number of amides is 1. The summed E-state index contributed by atoms with van der Waals surface area (Å²) in [5.74, 6) is 1.04. The van der Waals surface area contributed by atoms with E-state index in [9.17, 15) is 4.79 Å². The molecule has 3 rings (SSSR count). The van der Waals surface area contributed by atoms with Gasteiger partial charge in [-0.05, 0) is 29.2 Å². The first kappa shape index (κ1) is 18.0. The van der Waals surface area contributed by atoms with Crippen LogP contribution in [0.1, 0.15) is 35.8 Å². The van der Waals surface area contributed by atoms with E-state index in [1.165, 1.54) is 5.56 Å². The smallest absolute Gasteiger partial charge is 0.234 e. The molecule has 1 heterocycles. The van der Waals surface area contributed by atoms with Gasteiger partial charge in [0.15, 0.2) is 0 Å². The van der Waals surface area contributed by atoms with E-state index in [0.717, 1.165) is 11.3 Å². The van der Waals surface area contributed by atoms with Crippen molar-refractivity contribution in [2.75, 3.05) is 13.1 Å². The van der Waals surface area contributed by atoms with Gasteiger partial charge < -0.3 is 9.73 Å². The van der Waals surface area contributed by atoms with Crippen molar-refractivity contribution in [3.63, 3.8) is 0 Å². The number of carbonyl (C=O) groups excluding carboxylic acids is 1. The summed E-state index contributed by atoms with van der Waals surface area (Å²) in [6, 6.07) is 23.8. The Bertz CT molecular complexity index is 786. The second kappa shape index (κ2) is 9.02. The molecule has 0 aliphatic rings. The third kappa shape index (κ3) is 4.83. The first-order valence-electron chi connectivity index (χ1n) is 8.87. The molecule has 2 atom stereocenters. The Balaban J connectivity index is 1.55. The van der Waals surface area contributed by atoms with Gasteiger partial charge in [0.2, 0.25) is 5.91 Å². The molecular formula is C22H24N2O2. The van der Waals surface area contributed by atoms with Crippen molar-refractivity contribution in [1.82, 2.24) is 10.6 Å². The predicted octanol–water partition coefficient (Wildman–Crippen LogP) is 3.88. The van der Waals surface area contributed by atoms with E-state index in [-0.39, 0.29) is 24.4 Å². The van der Waals surface area contributed by atoms with Crippen LogP contribution in [0.5, 0.6) is 0 Å². The van der Waals surface area contributed by atoms with E-state index in [0.29, 0.717) is 6.54 Å². The van der Waals surface area contributed by atoms with Crippen LogP contribution in [-0.2, 0) is 4.79 Å². The number of nitrogens with one attached hydrogen (secondary N) is 2. The minimum absolute atomic E-state index is 0.0275. The zero-order chi connectivity index (χ0) is 18.2. The van der Waals surface area contributed by atoms with Crippen molar-refractivity contribution < 1.29 is 9.21 Å². The van der Waals surface area contributed by atoms with Crippen LogP contribution in [0.4, 0.5) is 0 Å². The lowest BCUT2D eigenvalue weighted by atomic mass is 10.0. The molecule has 0 radical (unpaired) electrons. The molecule has 0 aliphatic heterocycles. The third-order valence-electron chi connectivity index (χ3n) is 4.40. The quantitative estimate of drug-likeness (QED) is 0.649. The van der Waals surface area contributed by atoms with E-state index in [1.54, 1.807) is 6.26 Å². The summed E-state index contributed by atoms with van der Waals surface area (Å²) in [6.07, 6.45) is 1.65. The molecule has 2 aromatic carbocycles. The molecule has 26 heavy (non-hydrogen) atoms. The highest BCUT2D eigenvalue weighted by Gasteiger charge is 2.17. The van der Waals surface area contributed by atoms with Crippen LogP contribution in [0.25, 0.3) is 0 Å². The lowest BCUT2D eigenvalue weighted by Gasteiger charge is -2.18. The minimum Gasteiger partial charge on any atom is -0.467 e. The van der Waals surface area contributed by atoms with Gasteiger partial charge in [-0.15, -0.1) is 0 Å². The number of hydrogen-bond donors (Lipinski definition) is 2. The number of carbonyl (C=O) groups is 1. The topological polar surface area (TPSA) is 54.3 Å². The summed E-state index contributed by atoms with van der Waals surface area (Å²) < 4.78 is 5.54. The molecule has 1 aromatic heterocycles. The third-order valence-corrected chi connectivity index (χ3v) is 4.40. The van der Waals surface area contributed by atoms with Crippen molar-refractivity contribution in [2.45, 2.75) is 18.9 Å². The van der Waals surface area contributed by atoms with Gasteiger partial charge in [0.05, 0.1) is 18.8 Å². The minimum atomic E-state index is -0.150. The van der Waals surface area contributed by atoms with E-state index in [1.807, 2.05) is 60.7 Å². The van der Waals surface area contributed by atoms with Gasteiger partial charge in [0, 0.05) is 6.54 Å². The van der Waals surface area contributed by atoms with Gasteiger partial charge >= 0.3 is 0 Å². The lowest BCUT2D eigenvalue weighted by molar-refractivity contribution is -0.120. The van der Waals surface area contributed by atoms with Crippen molar-refractivity contribution >= 4 is 5.91 Å². The van der Waals surface area contributed by atoms with Crippen LogP contribution in [0.3, 0.4) is 0 Å². The van der Waals surface area contributed by atoms with E-state index < -0.39 is 0 Å². The number of furan rings is 1. The molecule has 0 saturated carbocycles. The molecule has 0 spiro atoms. The molecule has 3 aromatic rings. The summed E-state index contributed by atoms with van der Waals surface area (Å²) >= 11 is 0. The highest BCUT2D eigenvalue weighted by molar-refractivity contribution is 5.78. The maximum Gasteiger partial charge on any atom is 0.234 e. The number of rotatable bonds is 8. The fraction of sp³-hybridized carbons (Fsp3) is 0.227. The molecule has 1 amide bonds. The average molecular weight is 348 g/mol. The van der Waals surface area contributed by atoms with Crippen molar-refractivity contribution in [3.05, 3.63) is 95.9 Å². The maximum absolute atomic E-state index is 12.3. The molecule has 0 unspecified atom stereocenters. The van der Waals surface area contributed by atoms with Crippen LogP contribution in [0.15, 0.2) is 83.5 Å². The summed E-state index contributed by atoms with van der Waals surface area (Å²) in [5, 5.41) is 6.30. The Morgan fingerprint density at radius 2 is 1.58 bits per heavy atom. The summed E-state index contributed by atoms with van der Waals surface area (Å²) in [6.45, 7) is 2.95.